The van der Waals surface area contributed by atoms with Crippen molar-refractivity contribution in [3.05, 3.63) is 63.6 Å². The van der Waals surface area contributed by atoms with Crippen LogP contribution in [-0.4, -0.2) is 29.8 Å². The van der Waals surface area contributed by atoms with Crippen LogP contribution < -0.4 is 5.32 Å². The minimum atomic E-state index is -0.851. The van der Waals surface area contributed by atoms with Crippen molar-refractivity contribution in [3.63, 3.8) is 0 Å². The first kappa shape index (κ1) is 20.1. The molecule has 0 atom stereocenters. The third kappa shape index (κ3) is 5.16. The Hall–Kier alpha value is -2.18. The molecule has 0 fully saturated rings. The molecule has 0 heterocycles. The van der Waals surface area contributed by atoms with E-state index < -0.39 is 29.0 Å². The zero-order valence-electron chi connectivity index (χ0n) is 13.9. The molecule has 0 saturated heterocycles. The minimum absolute atomic E-state index is 0.200. The molecule has 0 radical (unpaired) electrons. The van der Waals surface area contributed by atoms with Crippen LogP contribution in [0.4, 0.5) is 14.5 Å². The average molecular weight is 401 g/mol. The van der Waals surface area contributed by atoms with Gasteiger partial charge in [-0.05, 0) is 42.8 Å². The summed E-state index contributed by atoms with van der Waals surface area (Å²) >= 11 is 11.9. The molecule has 0 unspecified atom stereocenters. The van der Waals surface area contributed by atoms with Crippen molar-refractivity contribution < 1.29 is 18.4 Å². The van der Waals surface area contributed by atoms with Gasteiger partial charge in [0.15, 0.2) is 0 Å². The highest BCUT2D eigenvalue weighted by molar-refractivity contribution is 6.35. The first-order valence-electron chi connectivity index (χ1n) is 7.81. The van der Waals surface area contributed by atoms with E-state index in [1.165, 1.54) is 12.1 Å². The fourth-order valence-electron chi connectivity index (χ4n) is 2.31. The van der Waals surface area contributed by atoms with Gasteiger partial charge in [-0.2, -0.15) is 0 Å². The van der Waals surface area contributed by atoms with Gasteiger partial charge in [-0.3, -0.25) is 9.59 Å². The average Bonchev–Trinajstić information content (AvgIpc) is 2.59. The van der Waals surface area contributed by atoms with E-state index in [9.17, 15) is 18.4 Å². The molecule has 2 aromatic rings. The molecule has 2 aromatic carbocycles. The second-order valence-corrected chi connectivity index (χ2v) is 6.37. The molecule has 26 heavy (non-hydrogen) atoms. The number of halogens is 4. The van der Waals surface area contributed by atoms with Crippen molar-refractivity contribution in [2.75, 3.05) is 18.4 Å². The maximum absolute atomic E-state index is 13.9. The molecule has 4 nitrogen and oxygen atoms in total. The van der Waals surface area contributed by atoms with Crippen molar-refractivity contribution in [3.8, 4) is 0 Å². The number of nitrogens with one attached hydrogen (secondary N) is 1. The number of hydrogen-bond acceptors (Lipinski definition) is 2. The molecule has 138 valence electrons. The highest BCUT2D eigenvalue weighted by atomic mass is 35.5. The number of anilines is 1. The molecule has 0 aromatic heterocycles. The lowest BCUT2D eigenvalue weighted by atomic mass is 10.1. The van der Waals surface area contributed by atoms with Crippen LogP contribution in [0.5, 0.6) is 0 Å². The molecule has 0 spiro atoms. The van der Waals surface area contributed by atoms with Crippen molar-refractivity contribution in [2.24, 2.45) is 0 Å². The molecule has 0 aliphatic heterocycles. The lowest BCUT2D eigenvalue weighted by Crippen LogP contribution is -2.39. The molecule has 1 N–H and O–H groups in total. The van der Waals surface area contributed by atoms with Gasteiger partial charge in [-0.25, -0.2) is 8.78 Å². The molecule has 2 rings (SSSR count). The quantitative estimate of drug-likeness (QED) is 0.759. The Morgan fingerprint density at radius 2 is 1.85 bits per heavy atom. The van der Waals surface area contributed by atoms with E-state index in [0.29, 0.717) is 17.1 Å². The Morgan fingerprint density at radius 3 is 2.54 bits per heavy atom. The topological polar surface area (TPSA) is 49.4 Å². The van der Waals surface area contributed by atoms with E-state index in [4.69, 9.17) is 23.2 Å². The van der Waals surface area contributed by atoms with Crippen LogP contribution in [0, 0.1) is 11.6 Å². The van der Waals surface area contributed by atoms with Gasteiger partial charge in [-0.15, -0.1) is 0 Å². The standard InChI is InChI=1S/C18H16Cl2F2N2O2/c1-2-7-24(18(26)13-9-12(21)4-6-15(13)22)10-17(25)23-16-8-11(19)3-5-14(16)20/h3-6,8-9H,2,7,10H2,1H3,(H,23,25). The Balaban J connectivity index is 2.16. The van der Waals surface area contributed by atoms with Gasteiger partial charge in [0.1, 0.15) is 18.2 Å². The van der Waals surface area contributed by atoms with Gasteiger partial charge >= 0.3 is 0 Å². The molecular formula is C18H16Cl2F2N2O2. The van der Waals surface area contributed by atoms with Gasteiger partial charge in [0.2, 0.25) is 5.91 Å². The molecular weight excluding hydrogens is 385 g/mol. The zero-order chi connectivity index (χ0) is 19.3. The summed E-state index contributed by atoms with van der Waals surface area (Å²) in [6.45, 7) is 1.66. The maximum Gasteiger partial charge on any atom is 0.257 e. The molecule has 2 amide bonds. The summed E-state index contributed by atoms with van der Waals surface area (Å²) in [6, 6.07) is 7.17. The molecule has 0 saturated carbocycles. The maximum atomic E-state index is 13.9. The van der Waals surface area contributed by atoms with Crippen molar-refractivity contribution in [2.45, 2.75) is 13.3 Å². The monoisotopic (exact) mass is 400 g/mol. The van der Waals surface area contributed by atoms with E-state index in [0.717, 1.165) is 23.1 Å². The third-order valence-electron chi connectivity index (χ3n) is 3.48. The Kier molecular flexibility index (Phi) is 6.94. The van der Waals surface area contributed by atoms with Gasteiger partial charge in [0.05, 0.1) is 16.3 Å². The smallest absolute Gasteiger partial charge is 0.257 e. The Bertz CT molecular complexity index is 831. The third-order valence-corrected chi connectivity index (χ3v) is 4.04. The number of nitrogens with zero attached hydrogens (tertiary/aromatic N) is 1. The number of amides is 2. The van der Waals surface area contributed by atoms with Gasteiger partial charge < -0.3 is 10.2 Å². The number of carbonyl (C=O) groups is 2. The SMILES string of the molecule is CCCN(CC(=O)Nc1cc(Cl)ccc1Cl)C(=O)c1cc(F)ccc1F. The van der Waals surface area contributed by atoms with Crippen LogP contribution >= 0.6 is 23.2 Å². The Labute approximate surface area is 159 Å². The highest BCUT2D eigenvalue weighted by Gasteiger charge is 2.22. The van der Waals surface area contributed by atoms with Gasteiger partial charge in [-0.1, -0.05) is 30.1 Å². The van der Waals surface area contributed by atoms with E-state index >= 15 is 0 Å². The fourth-order valence-corrected chi connectivity index (χ4v) is 2.65. The Morgan fingerprint density at radius 1 is 1.12 bits per heavy atom. The van der Waals surface area contributed by atoms with Crippen LogP contribution in [0.25, 0.3) is 0 Å². The summed E-state index contributed by atoms with van der Waals surface area (Å²) in [5.41, 5.74) is -0.128. The van der Waals surface area contributed by atoms with Gasteiger partial charge in [0.25, 0.3) is 5.91 Å². The van der Waals surface area contributed by atoms with E-state index in [2.05, 4.69) is 5.32 Å². The second kappa shape index (κ2) is 8.96. The lowest BCUT2D eigenvalue weighted by Gasteiger charge is -2.22. The molecule has 0 aliphatic carbocycles. The van der Waals surface area contributed by atoms with Crippen LogP contribution in [0.15, 0.2) is 36.4 Å². The lowest BCUT2D eigenvalue weighted by molar-refractivity contribution is -0.116. The summed E-state index contributed by atoms with van der Waals surface area (Å²) < 4.78 is 27.2. The molecule has 0 bridgehead atoms. The zero-order valence-corrected chi connectivity index (χ0v) is 15.4. The number of carbonyl (C=O) groups excluding carboxylic acids is 2. The summed E-state index contributed by atoms with van der Waals surface area (Å²) in [5, 5.41) is 3.22. The summed E-state index contributed by atoms with van der Waals surface area (Å²) in [7, 11) is 0. The normalized spacial score (nSPS) is 10.5. The predicted octanol–water partition coefficient (Wildman–Crippen LogP) is 4.76. The fraction of sp³-hybridized carbons (Fsp3) is 0.222. The molecule has 8 heteroatoms. The number of hydrogen-bond donors (Lipinski definition) is 1. The first-order chi connectivity index (χ1) is 12.3. The number of rotatable bonds is 6. The highest BCUT2D eigenvalue weighted by Crippen LogP contribution is 2.25. The van der Waals surface area contributed by atoms with Crippen LogP contribution in [-0.2, 0) is 4.79 Å². The first-order valence-corrected chi connectivity index (χ1v) is 8.56. The van der Waals surface area contributed by atoms with Crippen molar-refractivity contribution in [1.29, 1.82) is 0 Å². The predicted molar refractivity (Wildman–Crippen MR) is 97.6 cm³/mol. The van der Waals surface area contributed by atoms with Crippen LogP contribution in [0.1, 0.15) is 23.7 Å². The second-order valence-electron chi connectivity index (χ2n) is 5.52. The summed E-state index contributed by atoms with van der Waals surface area (Å²) in [4.78, 5) is 25.9. The summed E-state index contributed by atoms with van der Waals surface area (Å²) in [6.07, 6.45) is 0.536. The molecule has 0 aliphatic rings. The van der Waals surface area contributed by atoms with Crippen molar-refractivity contribution in [1.82, 2.24) is 4.90 Å². The van der Waals surface area contributed by atoms with E-state index in [1.54, 1.807) is 13.0 Å². The summed E-state index contributed by atoms with van der Waals surface area (Å²) in [5.74, 6) is -2.89. The van der Waals surface area contributed by atoms with Crippen LogP contribution in [0.2, 0.25) is 10.0 Å². The minimum Gasteiger partial charge on any atom is -0.329 e. The largest absolute Gasteiger partial charge is 0.329 e. The van der Waals surface area contributed by atoms with Crippen molar-refractivity contribution >= 4 is 40.7 Å². The number of benzene rings is 2. The van der Waals surface area contributed by atoms with E-state index in [1.807, 2.05) is 0 Å². The van der Waals surface area contributed by atoms with E-state index in [-0.39, 0.29) is 18.1 Å². The van der Waals surface area contributed by atoms with Crippen LogP contribution in [0.3, 0.4) is 0 Å². The van der Waals surface area contributed by atoms with Gasteiger partial charge in [0, 0.05) is 11.6 Å².